The van der Waals surface area contributed by atoms with E-state index in [1.165, 1.54) is 11.1 Å². The van der Waals surface area contributed by atoms with E-state index in [4.69, 9.17) is 0 Å². The van der Waals surface area contributed by atoms with Crippen LogP contribution in [-0.4, -0.2) is 27.5 Å². The van der Waals surface area contributed by atoms with Crippen molar-refractivity contribution in [3.63, 3.8) is 0 Å². The number of rotatable bonds is 4. The van der Waals surface area contributed by atoms with Crippen LogP contribution in [0, 0.1) is 0 Å². The molecule has 104 valence electrons. The van der Waals surface area contributed by atoms with Crippen molar-refractivity contribution < 1.29 is 8.42 Å². The third-order valence-corrected chi connectivity index (χ3v) is 5.48. The Bertz CT molecular complexity index is 563. The highest BCUT2D eigenvalue weighted by molar-refractivity contribution is 7.89. The zero-order valence-electron chi connectivity index (χ0n) is 11.0. The van der Waals surface area contributed by atoms with Crippen LogP contribution >= 0.6 is 0 Å². The second-order valence-electron chi connectivity index (χ2n) is 5.43. The number of hydrogen-bond acceptors (Lipinski definition) is 3. The Morgan fingerprint density at radius 1 is 1.21 bits per heavy atom. The Hall–Kier alpha value is -0.910. The van der Waals surface area contributed by atoms with E-state index >= 15 is 0 Å². The summed E-state index contributed by atoms with van der Waals surface area (Å²) in [6, 6.07) is 5.82. The molecule has 0 bridgehead atoms. The summed E-state index contributed by atoms with van der Waals surface area (Å²) in [4.78, 5) is 0.408. The van der Waals surface area contributed by atoms with Crippen LogP contribution in [0.3, 0.4) is 0 Å². The molecule has 3 rings (SSSR count). The number of benzene rings is 1. The van der Waals surface area contributed by atoms with Crippen LogP contribution < -0.4 is 10.0 Å². The fourth-order valence-corrected chi connectivity index (χ4v) is 4.07. The predicted molar refractivity (Wildman–Crippen MR) is 74.7 cm³/mol. The minimum atomic E-state index is -3.36. The Kier molecular flexibility index (Phi) is 3.60. The maximum Gasteiger partial charge on any atom is 0.240 e. The van der Waals surface area contributed by atoms with Gasteiger partial charge >= 0.3 is 0 Å². The van der Waals surface area contributed by atoms with Gasteiger partial charge in [-0.2, -0.15) is 0 Å². The van der Waals surface area contributed by atoms with Crippen molar-refractivity contribution in [1.29, 1.82) is 0 Å². The summed E-state index contributed by atoms with van der Waals surface area (Å²) in [7, 11) is -3.36. The maximum atomic E-state index is 12.2. The minimum absolute atomic E-state index is 0.282. The van der Waals surface area contributed by atoms with E-state index in [1.807, 2.05) is 12.1 Å². The quantitative estimate of drug-likeness (QED) is 0.871. The van der Waals surface area contributed by atoms with Gasteiger partial charge in [0, 0.05) is 12.6 Å². The van der Waals surface area contributed by atoms with Gasteiger partial charge < -0.3 is 5.32 Å². The molecular formula is C14H20N2O2S. The molecule has 0 amide bonds. The second kappa shape index (κ2) is 5.23. The highest BCUT2D eigenvalue weighted by Crippen LogP contribution is 2.24. The van der Waals surface area contributed by atoms with Gasteiger partial charge in [0.05, 0.1) is 4.90 Å². The lowest BCUT2D eigenvalue weighted by Gasteiger charge is -2.12. The molecule has 2 N–H and O–H groups in total. The summed E-state index contributed by atoms with van der Waals surface area (Å²) in [5, 5.41) is 3.30. The summed E-state index contributed by atoms with van der Waals surface area (Å²) in [5.74, 6) is 0. The molecule has 0 spiro atoms. The Balaban J connectivity index is 1.72. The first-order valence-electron chi connectivity index (χ1n) is 7.00. The Morgan fingerprint density at radius 3 is 2.84 bits per heavy atom. The number of sulfonamides is 1. The molecular weight excluding hydrogens is 260 g/mol. The SMILES string of the molecule is O=S(=O)(NCC1CCCN1)c1ccc2c(c1)CCC2. The van der Waals surface area contributed by atoms with Gasteiger partial charge in [0.15, 0.2) is 0 Å². The van der Waals surface area contributed by atoms with E-state index in [1.54, 1.807) is 6.07 Å². The molecule has 5 heteroatoms. The monoisotopic (exact) mass is 280 g/mol. The molecule has 0 saturated carbocycles. The largest absolute Gasteiger partial charge is 0.313 e. The van der Waals surface area contributed by atoms with Crippen LogP contribution in [-0.2, 0) is 22.9 Å². The van der Waals surface area contributed by atoms with Gasteiger partial charge in [-0.05, 0) is 61.9 Å². The Labute approximate surface area is 114 Å². The van der Waals surface area contributed by atoms with Gasteiger partial charge in [0.2, 0.25) is 10.0 Å². The van der Waals surface area contributed by atoms with E-state index in [0.29, 0.717) is 11.4 Å². The van der Waals surface area contributed by atoms with E-state index < -0.39 is 10.0 Å². The van der Waals surface area contributed by atoms with Crippen LogP contribution in [0.1, 0.15) is 30.4 Å². The molecule has 4 nitrogen and oxygen atoms in total. The van der Waals surface area contributed by atoms with Crippen LogP contribution in [0.5, 0.6) is 0 Å². The lowest BCUT2D eigenvalue weighted by atomic mass is 10.1. The van der Waals surface area contributed by atoms with Gasteiger partial charge in [-0.1, -0.05) is 6.07 Å². The van der Waals surface area contributed by atoms with Gasteiger partial charge in [0.25, 0.3) is 0 Å². The first-order valence-corrected chi connectivity index (χ1v) is 8.48. The third kappa shape index (κ3) is 2.83. The van der Waals surface area contributed by atoms with Crippen molar-refractivity contribution in [3.05, 3.63) is 29.3 Å². The van der Waals surface area contributed by atoms with E-state index in [9.17, 15) is 8.42 Å². The van der Waals surface area contributed by atoms with Crippen molar-refractivity contribution in [2.75, 3.05) is 13.1 Å². The summed E-state index contributed by atoms with van der Waals surface area (Å²) in [6.45, 7) is 1.48. The molecule has 0 aromatic heterocycles. The zero-order chi connectivity index (χ0) is 13.3. The van der Waals surface area contributed by atoms with E-state index in [2.05, 4.69) is 10.0 Å². The molecule has 1 aliphatic carbocycles. The van der Waals surface area contributed by atoms with E-state index in [0.717, 1.165) is 38.6 Å². The first kappa shape index (κ1) is 13.1. The molecule has 1 aromatic rings. The fraction of sp³-hybridized carbons (Fsp3) is 0.571. The molecule has 1 atom stereocenters. The normalized spacial score (nSPS) is 22.6. The lowest BCUT2D eigenvalue weighted by molar-refractivity contribution is 0.551. The standard InChI is InChI=1S/C14H20N2O2S/c17-19(18,16-10-13-5-2-8-15-13)14-7-6-11-3-1-4-12(11)9-14/h6-7,9,13,15-16H,1-5,8,10H2. The molecule has 2 aliphatic rings. The molecule has 1 fully saturated rings. The first-order chi connectivity index (χ1) is 9.15. The van der Waals surface area contributed by atoms with E-state index in [-0.39, 0.29) is 6.04 Å². The summed E-state index contributed by atoms with van der Waals surface area (Å²) < 4.78 is 27.2. The van der Waals surface area contributed by atoms with Gasteiger partial charge in [-0.25, -0.2) is 13.1 Å². The molecule has 1 aromatic carbocycles. The van der Waals surface area contributed by atoms with Crippen molar-refractivity contribution >= 4 is 10.0 Å². The van der Waals surface area contributed by atoms with Gasteiger partial charge in [-0.15, -0.1) is 0 Å². The zero-order valence-corrected chi connectivity index (χ0v) is 11.8. The third-order valence-electron chi connectivity index (χ3n) is 4.06. The predicted octanol–water partition coefficient (Wildman–Crippen LogP) is 1.21. The second-order valence-corrected chi connectivity index (χ2v) is 7.20. The number of hydrogen-bond donors (Lipinski definition) is 2. The maximum absolute atomic E-state index is 12.2. The molecule has 0 radical (unpaired) electrons. The van der Waals surface area contributed by atoms with Crippen LogP contribution in [0.2, 0.25) is 0 Å². The van der Waals surface area contributed by atoms with Gasteiger partial charge in [0.1, 0.15) is 0 Å². The molecule has 1 aliphatic heterocycles. The van der Waals surface area contributed by atoms with Crippen LogP contribution in [0.15, 0.2) is 23.1 Å². The minimum Gasteiger partial charge on any atom is -0.313 e. The van der Waals surface area contributed by atoms with Crippen LogP contribution in [0.4, 0.5) is 0 Å². The highest BCUT2D eigenvalue weighted by atomic mass is 32.2. The average Bonchev–Trinajstić information content (AvgIpc) is 3.06. The fourth-order valence-electron chi connectivity index (χ4n) is 2.94. The molecule has 1 heterocycles. The topological polar surface area (TPSA) is 58.2 Å². The highest BCUT2D eigenvalue weighted by Gasteiger charge is 2.21. The Morgan fingerprint density at radius 2 is 2.05 bits per heavy atom. The molecule has 1 saturated heterocycles. The average molecular weight is 280 g/mol. The van der Waals surface area contributed by atoms with Crippen LogP contribution in [0.25, 0.3) is 0 Å². The summed E-state index contributed by atoms with van der Waals surface area (Å²) in [5.41, 5.74) is 2.50. The summed E-state index contributed by atoms with van der Waals surface area (Å²) in [6.07, 6.45) is 5.40. The van der Waals surface area contributed by atoms with Crippen molar-refractivity contribution in [1.82, 2.24) is 10.0 Å². The summed E-state index contributed by atoms with van der Waals surface area (Å²) >= 11 is 0. The van der Waals surface area contributed by atoms with Gasteiger partial charge in [-0.3, -0.25) is 0 Å². The molecule has 1 unspecified atom stereocenters. The number of aryl methyl sites for hydroxylation is 2. The number of fused-ring (bicyclic) bond motifs is 1. The number of nitrogens with one attached hydrogen (secondary N) is 2. The van der Waals surface area contributed by atoms with Crippen molar-refractivity contribution in [2.24, 2.45) is 0 Å². The van der Waals surface area contributed by atoms with Crippen molar-refractivity contribution in [3.8, 4) is 0 Å². The van der Waals surface area contributed by atoms with Crippen molar-refractivity contribution in [2.45, 2.75) is 43.0 Å². The molecule has 19 heavy (non-hydrogen) atoms. The lowest BCUT2D eigenvalue weighted by Crippen LogP contribution is -2.37. The smallest absolute Gasteiger partial charge is 0.240 e.